The molecule has 2 aromatic rings. The number of amides is 1. The Balaban J connectivity index is 2.07. The van der Waals surface area contributed by atoms with Crippen molar-refractivity contribution in [3.8, 4) is 0 Å². The van der Waals surface area contributed by atoms with Crippen LogP contribution in [0.15, 0.2) is 18.2 Å². The molecule has 0 spiro atoms. The van der Waals surface area contributed by atoms with Crippen LogP contribution >= 0.6 is 0 Å². The Morgan fingerprint density at radius 2 is 2.04 bits per heavy atom. The predicted molar refractivity (Wildman–Crippen MR) is 106 cm³/mol. The largest absolute Gasteiger partial charge is 0.389 e. The van der Waals surface area contributed by atoms with Crippen LogP contribution < -0.4 is 0 Å². The number of likely N-dealkylation sites (N-methyl/N-ethyl adjacent to an activating group) is 1. The number of hydrogen-bond acceptors (Lipinski definition) is 4. The highest BCUT2D eigenvalue weighted by atomic mass is 16.3. The van der Waals surface area contributed by atoms with E-state index in [1.165, 1.54) is 27.1 Å². The van der Waals surface area contributed by atoms with Crippen LogP contribution in [-0.4, -0.2) is 65.5 Å². The van der Waals surface area contributed by atoms with Gasteiger partial charge in [-0.25, -0.2) is 0 Å². The van der Waals surface area contributed by atoms with Gasteiger partial charge in [-0.1, -0.05) is 11.6 Å². The standard InChI is InChI=1S/C21H29N3O3/c1-14-5-6-19-18(9-14)17-7-8-23(4)12-20(17)24(19)11-15(10-16(26)13-25)21(27)22(2)3/h5-6,9,15,25H,7-8,10-13H2,1-4H3. The fourth-order valence-corrected chi connectivity index (χ4v) is 4.05. The Morgan fingerprint density at radius 3 is 2.70 bits per heavy atom. The van der Waals surface area contributed by atoms with Crippen LogP contribution in [0.3, 0.4) is 0 Å². The number of rotatable bonds is 6. The summed E-state index contributed by atoms with van der Waals surface area (Å²) in [5, 5.41) is 10.4. The van der Waals surface area contributed by atoms with Crippen molar-refractivity contribution in [2.45, 2.75) is 32.9 Å². The van der Waals surface area contributed by atoms with E-state index in [1.54, 1.807) is 14.1 Å². The molecule has 1 amide bonds. The molecular weight excluding hydrogens is 342 g/mol. The summed E-state index contributed by atoms with van der Waals surface area (Å²) >= 11 is 0. The smallest absolute Gasteiger partial charge is 0.227 e. The van der Waals surface area contributed by atoms with Gasteiger partial charge in [0, 0.05) is 56.7 Å². The monoisotopic (exact) mass is 371 g/mol. The molecule has 1 atom stereocenters. The second kappa shape index (κ2) is 7.82. The molecule has 0 radical (unpaired) electrons. The van der Waals surface area contributed by atoms with Crippen molar-refractivity contribution in [3.63, 3.8) is 0 Å². The summed E-state index contributed by atoms with van der Waals surface area (Å²) in [6.45, 7) is 3.87. The Labute approximate surface area is 160 Å². The summed E-state index contributed by atoms with van der Waals surface area (Å²) < 4.78 is 2.22. The van der Waals surface area contributed by atoms with Crippen molar-refractivity contribution >= 4 is 22.6 Å². The molecule has 1 aromatic carbocycles. The van der Waals surface area contributed by atoms with Crippen molar-refractivity contribution in [1.29, 1.82) is 0 Å². The van der Waals surface area contributed by atoms with Crippen LogP contribution in [-0.2, 0) is 29.1 Å². The maximum atomic E-state index is 12.7. The minimum Gasteiger partial charge on any atom is -0.389 e. The van der Waals surface area contributed by atoms with Crippen LogP contribution in [0.2, 0.25) is 0 Å². The number of aromatic nitrogens is 1. The maximum Gasteiger partial charge on any atom is 0.227 e. The van der Waals surface area contributed by atoms with E-state index in [9.17, 15) is 14.7 Å². The average Bonchev–Trinajstić information content (AvgIpc) is 2.92. The third kappa shape index (κ3) is 3.92. The molecule has 1 unspecified atom stereocenters. The lowest BCUT2D eigenvalue weighted by Crippen LogP contribution is -2.35. The molecule has 0 saturated heterocycles. The van der Waals surface area contributed by atoms with Gasteiger partial charge >= 0.3 is 0 Å². The fourth-order valence-electron chi connectivity index (χ4n) is 4.05. The van der Waals surface area contributed by atoms with E-state index in [2.05, 4.69) is 41.6 Å². The minimum atomic E-state index is -0.524. The molecule has 1 N–H and O–H groups in total. The molecule has 3 rings (SSSR count). The van der Waals surface area contributed by atoms with Gasteiger partial charge < -0.3 is 19.5 Å². The highest BCUT2D eigenvalue weighted by Crippen LogP contribution is 2.32. The van der Waals surface area contributed by atoms with Crippen molar-refractivity contribution in [2.24, 2.45) is 5.92 Å². The zero-order valence-corrected chi connectivity index (χ0v) is 16.7. The Hall–Kier alpha value is -2.18. The van der Waals surface area contributed by atoms with Gasteiger partial charge in [-0.3, -0.25) is 9.59 Å². The number of nitrogens with zero attached hydrogens (tertiary/aromatic N) is 3. The SMILES string of the molecule is Cc1ccc2c(c1)c1c(n2CC(CC(=O)CO)C(=O)N(C)C)CN(C)CC1. The quantitative estimate of drug-likeness (QED) is 0.838. The molecule has 27 heavy (non-hydrogen) atoms. The highest BCUT2D eigenvalue weighted by Gasteiger charge is 2.28. The van der Waals surface area contributed by atoms with E-state index in [1.807, 2.05) is 0 Å². The van der Waals surface area contributed by atoms with Gasteiger partial charge in [-0.05, 0) is 38.1 Å². The number of benzene rings is 1. The highest BCUT2D eigenvalue weighted by molar-refractivity contribution is 5.89. The number of Topliss-reactive ketones (excluding diaryl/α,β-unsaturated/α-hetero) is 1. The molecule has 146 valence electrons. The summed E-state index contributed by atoms with van der Waals surface area (Å²) in [5.74, 6) is -0.856. The Morgan fingerprint density at radius 1 is 1.30 bits per heavy atom. The summed E-state index contributed by atoms with van der Waals surface area (Å²) in [7, 11) is 5.52. The summed E-state index contributed by atoms with van der Waals surface area (Å²) in [6.07, 6.45) is 1.05. The molecule has 2 heterocycles. The lowest BCUT2D eigenvalue weighted by atomic mass is 10.0. The van der Waals surface area contributed by atoms with Crippen LogP contribution in [0.1, 0.15) is 23.2 Å². The molecule has 0 aliphatic carbocycles. The van der Waals surface area contributed by atoms with E-state index in [0.717, 1.165) is 25.0 Å². The van der Waals surface area contributed by atoms with Crippen LogP contribution in [0.25, 0.3) is 10.9 Å². The van der Waals surface area contributed by atoms with Crippen molar-refractivity contribution in [2.75, 3.05) is 34.3 Å². The van der Waals surface area contributed by atoms with Crippen LogP contribution in [0.5, 0.6) is 0 Å². The topological polar surface area (TPSA) is 65.8 Å². The molecule has 1 aliphatic rings. The zero-order valence-electron chi connectivity index (χ0n) is 16.7. The third-order valence-corrected chi connectivity index (χ3v) is 5.45. The Kier molecular flexibility index (Phi) is 5.67. The second-order valence-corrected chi connectivity index (χ2v) is 7.87. The van der Waals surface area contributed by atoms with Crippen molar-refractivity contribution in [3.05, 3.63) is 35.0 Å². The number of carbonyl (C=O) groups is 2. The predicted octanol–water partition coefficient (Wildman–Crippen LogP) is 1.59. The van der Waals surface area contributed by atoms with E-state index in [4.69, 9.17) is 0 Å². The summed E-state index contributed by atoms with van der Waals surface area (Å²) in [6, 6.07) is 6.43. The van der Waals surface area contributed by atoms with E-state index >= 15 is 0 Å². The van der Waals surface area contributed by atoms with E-state index in [-0.39, 0.29) is 18.1 Å². The van der Waals surface area contributed by atoms with Crippen molar-refractivity contribution in [1.82, 2.24) is 14.4 Å². The summed E-state index contributed by atoms with van der Waals surface area (Å²) in [5.41, 5.74) is 4.93. The number of ketones is 1. The number of aryl methyl sites for hydroxylation is 1. The molecule has 0 saturated carbocycles. The number of aliphatic hydroxyl groups is 1. The van der Waals surface area contributed by atoms with Crippen molar-refractivity contribution < 1.29 is 14.7 Å². The van der Waals surface area contributed by atoms with Gasteiger partial charge in [0.25, 0.3) is 0 Å². The molecule has 0 bridgehead atoms. The lowest BCUT2D eigenvalue weighted by molar-refractivity contribution is -0.136. The number of fused-ring (bicyclic) bond motifs is 3. The molecular formula is C21H29N3O3. The molecule has 0 fully saturated rings. The van der Waals surface area contributed by atoms with Crippen LogP contribution in [0.4, 0.5) is 0 Å². The zero-order chi connectivity index (χ0) is 19.7. The molecule has 6 heteroatoms. The lowest BCUT2D eigenvalue weighted by Gasteiger charge is -2.27. The summed E-state index contributed by atoms with van der Waals surface area (Å²) in [4.78, 5) is 28.4. The number of carbonyl (C=O) groups excluding carboxylic acids is 2. The van der Waals surface area contributed by atoms with Gasteiger partial charge in [-0.2, -0.15) is 0 Å². The van der Waals surface area contributed by atoms with Gasteiger partial charge in [0.15, 0.2) is 5.78 Å². The maximum absolute atomic E-state index is 12.7. The second-order valence-electron chi connectivity index (χ2n) is 7.87. The minimum absolute atomic E-state index is 0.0592. The van der Waals surface area contributed by atoms with Gasteiger partial charge in [0.05, 0.1) is 5.92 Å². The first-order valence-electron chi connectivity index (χ1n) is 9.44. The third-order valence-electron chi connectivity index (χ3n) is 5.45. The normalized spacial score (nSPS) is 15.6. The van der Waals surface area contributed by atoms with Crippen LogP contribution in [0, 0.1) is 12.8 Å². The van der Waals surface area contributed by atoms with Gasteiger partial charge in [0.1, 0.15) is 6.61 Å². The van der Waals surface area contributed by atoms with E-state index in [0.29, 0.717) is 6.54 Å². The first-order chi connectivity index (χ1) is 12.8. The first-order valence-corrected chi connectivity index (χ1v) is 9.44. The van der Waals surface area contributed by atoms with E-state index < -0.39 is 12.5 Å². The Bertz CT molecular complexity index is 869. The van der Waals surface area contributed by atoms with Gasteiger partial charge in [0.2, 0.25) is 5.91 Å². The van der Waals surface area contributed by atoms with Gasteiger partial charge in [-0.15, -0.1) is 0 Å². The number of hydrogen-bond donors (Lipinski definition) is 1. The fraction of sp³-hybridized carbons (Fsp3) is 0.524. The average molecular weight is 371 g/mol. The first kappa shape index (κ1) is 19.6. The molecule has 1 aromatic heterocycles. The molecule has 6 nitrogen and oxygen atoms in total. The molecule has 1 aliphatic heterocycles. The number of aliphatic hydroxyl groups excluding tert-OH is 1.